The number of para-hydroxylation sites is 2. The minimum absolute atomic E-state index is 0.0529. The van der Waals surface area contributed by atoms with Gasteiger partial charge in [-0.2, -0.15) is 13.2 Å². The first kappa shape index (κ1) is 27.0. The van der Waals surface area contributed by atoms with Crippen LogP contribution in [0.15, 0.2) is 41.7 Å². The number of halogens is 3. The molecule has 2 bridgehead atoms. The summed E-state index contributed by atoms with van der Waals surface area (Å²) in [5, 5.41) is -1.00. The SMILES string of the molecule is Cc1c(OCC(F)(F)F)ccnc1CSc1nc2ccccc2n1S(=O)(=O)C1C(=O)C2(C)CCC1C2(C)C. The molecule has 2 aliphatic carbocycles. The Bertz CT molecular complexity index is 1530. The predicted octanol–water partition coefficient (Wildman–Crippen LogP) is 5.54. The highest BCUT2D eigenvalue weighted by atomic mass is 32.2. The van der Waals surface area contributed by atoms with Crippen LogP contribution in [0.25, 0.3) is 11.0 Å². The Balaban J connectivity index is 1.51. The van der Waals surface area contributed by atoms with Crippen LogP contribution in [0, 0.1) is 23.7 Å². The van der Waals surface area contributed by atoms with Crippen molar-refractivity contribution in [2.24, 2.45) is 16.7 Å². The van der Waals surface area contributed by atoms with E-state index in [0.717, 1.165) is 11.8 Å². The molecule has 2 aromatic heterocycles. The lowest BCUT2D eigenvalue weighted by Crippen LogP contribution is -2.41. The maximum atomic E-state index is 14.2. The molecule has 7 nitrogen and oxygen atoms in total. The number of nitrogens with zero attached hydrogens (tertiary/aromatic N) is 3. The molecule has 2 saturated carbocycles. The van der Waals surface area contributed by atoms with Crippen molar-refractivity contribution in [3.05, 3.63) is 47.8 Å². The number of Topliss-reactive ketones (excluding diaryl/α,β-unsaturated/α-hetero) is 1. The monoisotopic (exact) mass is 567 g/mol. The lowest BCUT2D eigenvalue weighted by atomic mass is 9.70. The van der Waals surface area contributed by atoms with E-state index in [2.05, 4.69) is 9.97 Å². The smallest absolute Gasteiger partial charge is 0.422 e. The highest BCUT2D eigenvalue weighted by Gasteiger charge is 2.69. The van der Waals surface area contributed by atoms with Gasteiger partial charge in [-0.3, -0.25) is 9.78 Å². The average Bonchev–Trinajstić information content (AvgIpc) is 3.37. The lowest BCUT2D eigenvalue weighted by molar-refractivity contribution is -0.153. The normalized spacial score (nSPS) is 24.9. The number of hydrogen-bond acceptors (Lipinski definition) is 7. The number of thioether (sulfide) groups is 1. The summed E-state index contributed by atoms with van der Waals surface area (Å²) in [4.78, 5) is 22.4. The number of hydrogen-bond donors (Lipinski definition) is 0. The van der Waals surface area contributed by atoms with E-state index in [9.17, 15) is 26.4 Å². The van der Waals surface area contributed by atoms with Crippen LogP contribution < -0.4 is 4.74 Å². The number of imidazole rings is 1. The van der Waals surface area contributed by atoms with E-state index in [4.69, 9.17) is 4.74 Å². The van der Waals surface area contributed by atoms with Gasteiger partial charge in [-0.1, -0.05) is 44.7 Å². The maximum absolute atomic E-state index is 14.2. The van der Waals surface area contributed by atoms with E-state index in [1.807, 2.05) is 20.8 Å². The van der Waals surface area contributed by atoms with E-state index >= 15 is 0 Å². The first-order chi connectivity index (χ1) is 17.7. The standard InChI is InChI=1S/C26H28F3N3O4S2/c1-15-18(30-12-10-20(15)36-14-26(27,28)29)13-37-23-31-17-7-5-6-8-19(17)32(23)38(34,35)21-16-9-11-25(4,22(21)33)24(16,2)3/h5-8,10,12,16,21H,9,11,13-14H2,1-4H3. The Morgan fingerprint density at radius 1 is 1.18 bits per heavy atom. The molecule has 0 saturated heterocycles. The van der Waals surface area contributed by atoms with E-state index in [0.29, 0.717) is 35.1 Å². The molecule has 2 aliphatic rings. The van der Waals surface area contributed by atoms with Crippen molar-refractivity contribution >= 4 is 38.6 Å². The zero-order valence-electron chi connectivity index (χ0n) is 21.4. The highest BCUT2D eigenvalue weighted by Crippen LogP contribution is 2.65. The maximum Gasteiger partial charge on any atom is 0.422 e. The van der Waals surface area contributed by atoms with Gasteiger partial charge in [-0.15, -0.1) is 0 Å². The van der Waals surface area contributed by atoms with Crippen LogP contribution in [0.5, 0.6) is 5.75 Å². The Hall–Kier alpha value is -2.60. The molecule has 12 heteroatoms. The van der Waals surface area contributed by atoms with Gasteiger partial charge in [-0.05, 0) is 49.3 Å². The number of alkyl halides is 3. The van der Waals surface area contributed by atoms with Gasteiger partial charge in [-0.25, -0.2) is 17.4 Å². The van der Waals surface area contributed by atoms with Gasteiger partial charge >= 0.3 is 6.18 Å². The fraction of sp³-hybridized carbons (Fsp3) is 0.500. The molecule has 0 amide bonds. The Morgan fingerprint density at radius 3 is 2.55 bits per heavy atom. The largest absolute Gasteiger partial charge is 0.484 e. The van der Waals surface area contributed by atoms with Crippen LogP contribution >= 0.6 is 11.8 Å². The van der Waals surface area contributed by atoms with E-state index in [1.165, 1.54) is 16.2 Å². The number of pyridine rings is 1. The number of ketones is 1. The third-order valence-electron chi connectivity index (χ3n) is 8.53. The van der Waals surface area contributed by atoms with Gasteiger partial charge < -0.3 is 4.74 Å². The van der Waals surface area contributed by atoms with E-state index in [-0.39, 0.29) is 28.4 Å². The molecule has 3 aromatic rings. The first-order valence-corrected chi connectivity index (χ1v) is 14.7. The van der Waals surface area contributed by atoms with Crippen LogP contribution in [0.1, 0.15) is 44.9 Å². The number of carbonyl (C=O) groups excluding carboxylic acids is 1. The molecule has 0 spiro atoms. The fourth-order valence-electron chi connectivity index (χ4n) is 5.93. The molecule has 3 atom stereocenters. The molecule has 38 heavy (non-hydrogen) atoms. The Morgan fingerprint density at radius 2 is 1.89 bits per heavy atom. The second kappa shape index (κ2) is 8.97. The third kappa shape index (κ3) is 4.11. The van der Waals surface area contributed by atoms with Crippen molar-refractivity contribution in [1.29, 1.82) is 0 Å². The van der Waals surface area contributed by atoms with E-state index in [1.54, 1.807) is 31.2 Å². The molecular formula is C26H28F3N3O4S2. The minimum Gasteiger partial charge on any atom is -0.484 e. The second-order valence-corrected chi connectivity index (χ2v) is 13.6. The molecule has 0 N–H and O–H groups in total. The number of ether oxygens (including phenoxy) is 1. The van der Waals surface area contributed by atoms with Crippen molar-refractivity contribution in [2.75, 3.05) is 6.61 Å². The summed E-state index contributed by atoms with van der Waals surface area (Å²) in [5.74, 6) is -0.369. The minimum atomic E-state index is -4.48. The molecule has 5 rings (SSSR count). The second-order valence-electron chi connectivity index (χ2n) is 10.7. The van der Waals surface area contributed by atoms with Crippen LogP contribution in [-0.4, -0.2) is 46.2 Å². The topological polar surface area (TPSA) is 91.2 Å². The summed E-state index contributed by atoms with van der Waals surface area (Å²) in [7, 11) is -4.18. The molecular weight excluding hydrogens is 539 g/mol. The molecule has 1 aromatic carbocycles. The highest BCUT2D eigenvalue weighted by molar-refractivity contribution is 7.99. The zero-order valence-corrected chi connectivity index (χ0v) is 23.0. The Labute approximate surface area is 223 Å². The van der Waals surface area contributed by atoms with Crippen LogP contribution in [0.2, 0.25) is 0 Å². The quantitative estimate of drug-likeness (QED) is 0.346. The van der Waals surface area contributed by atoms with Gasteiger partial charge in [0.1, 0.15) is 11.0 Å². The van der Waals surface area contributed by atoms with Crippen molar-refractivity contribution in [3.63, 3.8) is 0 Å². The number of aromatic nitrogens is 3. The third-order valence-corrected chi connectivity index (χ3v) is 11.7. The summed E-state index contributed by atoms with van der Waals surface area (Å²) in [5.41, 5.74) is 0.538. The van der Waals surface area contributed by atoms with Gasteiger partial charge in [0.15, 0.2) is 17.5 Å². The Kier molecular flexibility index (Phi) is 6.37. The molecule has 0 aliphatic heterocycles. The predicted molar refractivity (Wildman–Crippen MR) is 138 cm³/mol. The van der Waals surface area contributed by atoms with Crippen LogP contribution in [0.4, 0.5) is 13.2 Å². The summed E-state index contributed by atoms with van der Waals surface area (Å²) in [6, 6.07) is 8.18. The van der Waals surface area contributed by atoms with Crippen LogP contribution in [0.3, 0.4) is 0 Å². The molecule has 204 valence electrons. The van der Waals surface area contributed by atoms with E-state index < -0.39 is 38.9 Å². The fourth-order valence-corrected chi connectivity index (χ4v) is 9.67. The van der Waals surface area contributed by atoms with Crippen LogP contribution in [-0.2, 0) is 20.6 Å². The molecule has 0 radical (unpaired) electrons. The van der Waals surface area contributed by atoms with Crippen molar-refractivity contribution in [3.8, 4) is 5.75 Å². The van der Waals surface area contributed by atoms with Gasteiger partial charge in [0.2, 0.25) is 0 Å². The summed E-state index contributed by atoms with van der Waals surface area (Å²) >= 11 is 1.10. The number of carbonyl (C=O) groups is 1. The lowest BCUT2D eigenvalue weighted by Gasteiger charge is -2.32. The van der Waals surface area contributed by atoms with Crippen molar-refractivity contribution < 1.29 is 31.1 Å². The van der Waals surface area contributed by atoms with Gasteiger partial charge in [0.25, 0.3) is 10.0 Å². The molecule has 2 heterocycles. The van der Waals surface area contributed by atoms with Gasteiger partial charge in [0.05, 0.1) is 16.7 Å². The van der Waals surface area contributed by atoms with Crippen molar-refractivity contribution in [1.82, 2.24) is 13.9 Å². The number of rotatable bonds is 7. The average molecular weight is 568 g/mol. The summed E-state index contributed by atoms with van der Waals surface area (Å²) in [6.07, 6.45) is -1.81. The van der Waals surface area contributed by atoms with Gasteiger partial charge in [0, 0.05) is 22.9 Å². The number of fused-ring (bicyclic) bond motifs is 3. The molecule has 3 unspecified atom stereocenters. The zero-order chi connectivity index (χ0) is 27.7. The first-order valence-electron chi connectivity index (χ1n) is 12.2. The summed E-state index contributed by atoms with van der Waals surface area (Å²) in [6.45, 7) is 5.99. The molecule has 2 fully saturated rings. The van der Waals surface area contributed by atoms with Crippen molar-refractivity contribution in [2.45, 2.75) is 62.9 Å². The number of benzene rings is 1. The summed E-state index contributed by atoms with van der Waals surface area (Å²) < 4.78 is 72.5.